The second-order valence-electron chi connectivity index (χ2n) is 8.50. The fourth-order valence-electron chi connectivity index (χ4n) is 3.68. The first kappa shape index (κ1) is 25.9. The Kier molecular flexibility index (Phi) is 10.0. The lowest BCUT2D eigenvalue weighted by atomic mass is 10.0. The summed E-state index contributed by atoms with van der Waals surface area (Å²) in [4.78, 5) is 28.6. The molecule has 4 nitrogen and oxygen atoms in total. The van der Waals surface area contributed by atoms with Crippen LogP contribution in [0.5, 0.6) is 0 Å². The second-order valence-corrected chi connectivity index (χ2v) is 9.92. The van der Waals surface area contributed by atoms with Gasteiger partial charge >= 0.3 is 0 Å². The summed E-state index contributed by atoms with van der Waals surface area (Å²) in [5, 5.41) is 3.70. The zero-order valence-corrected chi connectivity index (χ0v) is 21.2. The summed E-state index contributed by atoms with van der Waals surface area (Å²) >= 11 is 7.62. The fraction of sp³-hybridized carbons (Fsp3) is 0.286. The summed E-state index contributed by atoms with van der Waals surface area (Å²) in [6.45, 7) is 4.24. The zero-order valence-electron chi connectivity index (χ0n) is 19.6. The summed E-state index contributed by atoms with van der Waals surface area (Å²) in [6.07, 6.45) is 0.455. The molecule has 0 bridgehead atoms. The first-order chi connectivity index (χ1) is 16.4. The van der Waals surface area contributed by atoms with E-state index in [1.165, 1.54) is 11.8 Å². The van der Waals surface area contributed by atoms with Crippen LogP contribution in [0.25, 0.3) is 0 Å². The highest BCUT2D eigenvalue weighted by atomic mass is 35.5. The lowest BCUT2D eigenvalue weighted by Gasteiger charge is -2.32. The van der Waals surface area contributed by atoms with Crippen LogP contribution in [0, 0.1) is 0 Å². The van der Waals surface area contributed by atoms with Crippen LogP contribution in [-0.2, 0) is 28.3 Å². The summed E-state index contributed by atoms with van der Waals surface area (Å²) < 4.78 is 0. The van der Waals surface area contributed by atoms with Crippen molar-refractivity contribution in [2.75, 3.05) is 5.75 Å². The van der Waals surface area contributed by atoms with Gasteiger partial charge in [0, 0.05) is 29.8 Å². The molecule has 3 aromatic rings. The topological polar surface area (TPSA) is 49.4 Å². The van der Waals surface area contributed by atoms with E-state index in [2.05, 4.69) is 5.32 Å². The molecule has 0 unspecified atom stereocenters. The number of hydrogen-bond donors (Lipinski definition) is 1. The van der Waals surface area contributed by atoms with E-state index in [0.717, 1.165) is 16.7 Å². The molecule has 6 heteroatoms. The number of carbonyl (C=O) groups excluding carboxylic acids is 2. The molecule has 34 heavy (non-hydrogen) atoms. The molecule has 0 radical (unpaired) electrons. The monoisotopic (exact) mass is 494 g/mol. The van der Waals surface area contributed by atoms with Crippen LogP contribution in [0.15, 0.2) is 84.9 Å². The lowest BCUT2D eigenvalue weighted by Crippen LogP contribution is -2.52. The van der Waals surface area contributed by atoms with Crippen molar-refractivity contribution in [3.05, 3.63) is 107 Å². The molecular formula is C28H31ClN2O2S. The molecule has 178 valence electrons. The predicted octanol–water partition coefficient (Wildman–Crippen LogP) is 5.74. The van der Waals surface area contributed by atoms with Crippen LogP contribution >= 0.6 is 23.4 Å². The number of nitrogens with one attached hydrogen (secondary N) is 1. The molecule has 0 fully saturated rings. The Morgan fingerprint density at radius 3 is 2.12 bits per heavy atom. The van der Waals surface area contributed by atoms with Crippen molar-refractivity contribution in [3.63, 3.8) is 0 Å². The second kappa shape index (κ2) is 13.2. The largest absolute Gasteiger partial charge is 0.352 e. The molecule has 3 rings (SSSR count). The van der Waals surface area contributed by atoms with Gasteiger partial charge in [-0.2, -0.15) is 0 Å². The van der Waals surface area contributed by atoms with Crippen LogP contribution < -0.4 is 5.32 Å². The SMILES string of the molecule is CC(C)NC(=O)[C@H](Cc1ccccc1)N(Cc1ccccc1)C(=O)CSCc1cccc(Cl)c1. The van der Waals surface area contributed by atoms with Crippen molar-refractivity contribution in [1.82, 2.24) is 10.2 Å². The van der Waals surface area contributed by atoms with Crippen LogP contribution in [0.4, 0.5) is 0 Å². The Bertz CT molecular complexity index is 1060. The summed E-state index contributed by atoms with van der Waals surface area (Å²) in [6, 6.07) is 26.7. The van der Waals surface area contributed by atoms with Gasteiger partial charge in [-0.15, -0.1) is 11.8 Å². The van der Waals surface area contributed by atoms with Gasteiger partial charge in [-0.25, -0.2) is 0 Å². The van der Waals surface area contributed by atoms with E-state index in [1.807, 2.05) is 98.8 Å². The van der Waals surface area contributed by atoms with Crippen molar-refractivity contribution in [3.8, 4) is 0 Å². The molecule has 1 N–H and O–H groups in total. The minimum Gasteiger partial charge on any atom is -0.352 e. The molecule has 3 aromatic carbocycles. The van der Waals surface area contributed by atoms with Gasteiger partial charge in [0.05, 0.1) is 5.75 Å². The Morgan fingerprint density at radius 2 is 1.50 bits per heavy atom. The molecule has 1 atom stereocenters. The third kappa shape index (κ3) is 8.23. The summed E-state index contributed by atoms with van der Waals surface area (Å²) in [5.41, 5.74) is 3.08. The molecule has 0 aliphatic heterocycles. The van der Waals surface area contributed by atoms with Gasteiger partial charge < -0.3 is 10.2 Å². The summed E-state index contributed by atoms with van der Waals surface area (Å²) in [5.74, 6) is 0.755. The number of benzene rings is 3. The Morgan fingerprint density at radius 1 is 0.882 bits per heavy atom. The Hall–Kier alpha value is -2.76. The number of amides is 2. The Labute approximate surface area is 211 Å². The molecule has 0 spiro atoms. The van der Waals surface area contributed by atoms with Crippen molar-refractivity contribution in [2.45, 2.75) is 44.6 Å². The number of rotatable bonds is 11. The number of nitrogens with zero attached hydrogens (tertiary/aromatic N) is 1. The minimum absolute atomic E-state index is 0.0170. The van der Waals surface area contributed by atoms with Crippen molar-refractivity contribution >= 4 is 35.2 Å². The van der Waals surface area contributed by atoms with Crippen LogP contribution in [0.3, 0.4) is 0 Å². The van der Waals surface area contributed by atoms with Gasteiger partial charge in [0.2, 0.25) is 11.8 Å². The molecule has 0 aliphatic rings. The van der Waals surface area contributed by atoms with Crippen LogP contribution in [0.1, 0.15) is 30.5 Å². The third-order valence-electron chi connectivity index (χ3n) is 5.28. The van der Waals surface area contributed by atoms with Crippen molar-refractivity contribution in [2.24, 2.45) is 0 Å². The molecule has 0 saturated heterocycles. The van der Waals surface area contributed by atoms with Gasteiger partial charge in [0.15, 0.2) is 0 Å². The quantitative estimate of drug-likeness (QED) is 0.370. The van der Waals surface area contributed by atoms with Crippen LogP contribution in [-0.4, -0.2) is 34.6 Å². The highest BCUT2D eigenvalue weighted by molar-refractivity contribution is 7.99. The molecule has 0 aromatic heterocycles. The first-order valence-electron chi connectivity index (χ1n) is 11.4. The highest BCUT2D eigenvalue weighted by Crippen LogP contribution is 2.20. The van der Waals surface area contributed by atoms with Gasteiger partial charge in [-0.05, 0) is 42.7 Å². The minimum atomic E-state index is -0.607. The molecule has 0 aliphatic carbocycles. The average molecular weight is 495 g/mol. The lowest BCUT2D eigenvalue weighted by molar-refractivity contribution is -0.139. The molecular weight excluding hydrogens is 464 g/mol. The maximum Gasteiger partial charge on any atom is 0.243 e. The van der Waals surface area contributed by atoms with E-state index in [0.29, 0.717) is 23.7 Å². The van der Waals surface area contributed by atoms with Crippen molar-refractivity contribution in [1.29, 1.82) is 0 Å². The van der Waals surface area contributed by atoms with E-state index in [9.17, 15) is 9.59 Å². The van der Waals surface area contributed by atoms with Gasteiger partial charge in [0.25, 0.3) is 0 Å². The molecule has 0 heterocycles. The van der Waals surface area contributed by atoms with E-state index >= 15 is 0 Å². The van der Waals surface area contributed by atoms with E-state index in [-0.39, 0.29) is 23.6 Å². The number of thioether (sulfide) groups is 1. The van der Waals surface area contributed by atoms with E-state index in [4.69, 9.17) is 11.6 Å². The van der Waals surface area contributed by atoms with Gasteiger partial charge in [-0.3, -0.25) is 9.59 Å². The van der Waals surface area contributed by atoms with Gasteiger partial charge in [-0.1, -0.05) is 84.4 Å². The first-order valence-corrected chi connectivity index (χ1v) is 13.0. The van der Waals surface area contributed by atoms with Gasteiger partial charge in [0.1, 0.15) is 6.04 Å². The average Bonchev–Trinajstić information content (AvgIpc) is 2.82. The number of carbonyl (C=O) groups is 2. The van der Waals surface area contributed by atoms with E-state index in [1.54, 1.807) is 4.90 Å². The third-order valence-corrected chi connectivity index (χ3v) is 6.50. The zero-order chi connectivity index (χ0) is 24.3. The maximum absolute atomic E-state index is 13.5. The smallest absolute Gasteiger partial charge is 0.243 e. The number of hydrogen-bond acceptors (Lipinski definition) is 3. The van der Waals surface area contributed by atoms with Crippen LogP contribution in [0.2, 0.25) is 5.02 Å². The Balaban J connectivity index is 1.82. The summed E-state index contributed by atoms with van der Waals surface area (Å²) in [7, 11) is 0. The van der Waals surface area contributed by atoms with E-state index < -0.39 is 6.04 Å². The molecule has 2 amide bonds. The molecule has 0 saturated carbocycles. The fourth-order valence-corrected chi connectivity index (χ4v) is 4.75. The maximum atomic E-state index is 13.5. The standard InChI is InChI=1S/C28H31ClN2O2S/c1-21(2)30-28(33)26(17-22-10-5-3-6-11-22)31(18-23-12-7-4-8-13-23)27(32)20-34-19-24-14-9-15-25(29)16-24/h3-16,21,26H,17-20H2,1-2H3,(H,30,33)/t26-/m0/s1. The number of halogens is 1. The normalized spacial score (nSPS) is 11.8. The van der Waals surface area contributed by atoms with Crippen molar-refractivity contribution < 1.29 is 9.59 Å². The highest BCUT2D eigenvalue weighted by Gasteiger charge is 2.30. The predicted molar refractivity (Wildman–Crippen MR) is 142 cm³/mol.